The lowest BCUT2D eigenvalue weighted by atomic mass is 10.2. The molecule has 3 nitrogen and oxygen atoms in total. The monoisotopic (exact) mass is 186 g/mol. The third kappa shape index (κ3) is 1.36. The largest absolute Gasteiger partial charge is 0.392 e. The van der Waals surface area contributed by atoms with Gasteiger partial charge in [-0.2, -0.15) is 5.26 Å². The highest BCUT2D eigenvalue weighted by molar-refractivity contribution is 5.80. The summed E-state index contributed by atoms with van der Waals surface area (Å²) < 4.78 is 1.89. The van der Waals surface area contributed by atoms with E-state index in [0.29, 0.717) is 6.54 Å². The molecule has 0 aliphatic heterocycles. The summed E-state index contributed by atoms with van der Waals surface area (Å²) in [6.45, 7) is 0.418. The molecule has 1 heterocycles. The van der Waals surface area contributed by atoms with Gasteiger partial charge >= 0.3 is 0 Å². The van der Waals surface area contributed by atoms with Crippen LogP contribution in [0.25, 0.3) is 10.9 Å². The number of hydrogen-bond donors (Lipinski definition) is 1. The standard InChI is InChI=1S/C11H10N2O/c12-4-6-13-5-3-10-7-9(8-14)1-2-11(10)13/h1-3,5,7,14H,6,8H2. The van der Waals surface area contributed by atoms with Gasteiger partial charge in [-0.15, -0.1) is 0 Å². The third-order valence-corrected chi connectivity index (χ3v) is 2.26. The summed E-state index contributed by atoms with van der Waals surface area (Å²) in [4.78, 5) is 0. The molecular weight excluding hydrogens is 176 g/mol. The van der Waals surface area contributed by atoms with Crippen molar-refractivity contribution in [2.24, 2.45) is 0 Å². The van der Waals surface area contributed by atoms with E-state index in [1.807, 2.05) is 35.0 Å². The maximum Gasteiger partial charge on any atom is 0.110 e. The van der Waals surface area contributed by atoms with E-state index in [4.69, 9.17) is 10.4 Å². The summed E-state index contributed by atoms with van der Waals surface area (Å²) in [7, 11) is 0. The Kier molecular flexibility index (Phi) is 2.21. The Balaban J connectivity index is 2.55. The van der Waals surface area contributed by atoms with Crippen molar-refractivity contribution in [2.75, 3.05) is 0 Å². The summed E-state index contributed by atoms with van der Waals surface area (Å²) >= 11 is 0. The smallest absolute Gasteiger partial charge is 0.110 e. The van der Waals surface area contributed by atoms with Gasteiger partial charge in [0.05, 0.1) is 12.7 Å². The van der Waals surface area contributed by atoms with E-state index in [0.717, 1.165) is 16.5 Å². The molecule has 0 aliphatic rings. The van der Waals surface area contributed by atoms with Gasteiger partial charge in [-0.3, -0.25) is 0 Å². The van der Waals surface area contributed by atoms with Crippen molar-refractivity contribution in [3.8, 4) is 6.07 Å². The molecule has 1 N–H and O–H groups in total. The van der Waals surface area contributed by atoms with Crippen molar-refractivity contribution >= 4 is 10.9 Å². The summed E-state index contributed by atoms with van der Waals surface area (Å²) in [6, 6.07) is 9.79. The van der Waals surface area contributed by atoms with Crippen LogP contribution in [0.1, 0.15) is 5.56 Å². The van der Waals surface area contributed by atoms with E-state index >= 15 is 0 Å². The number of aromatic nitrogens is 1. The number of benzene rings is 1. The van der Waals surface area contributed by atoms with Crippen LogP contribution in [-0.2, 0) is 13.2 Å². The number of nitrogens with zero attached hydrogens (tertiary/aromatic N) is 2. The van der Waals surface area contributed by atoms with Crippen LogP contribution in [0.3, 0.4) is 0 Å². The average molecular weight is 186 g/mol. The van der Waals surface area contributed by atoms with E-state index in [1.54, 1.807) is 0 Å². The number of rotatable bonds is 2. The number of fused-ring (bicyclic) bond motifs is 1. The lowest BCUT2D eigenvalue weighted by Gasteiger charge is -2.00. The van der Waals surface area contributed by atoms with Gasteiger partial charge in [-0.05, 0) is 29.1 Å². The minimum atomic E-state index is 0.0549. The molecule has 14 heavy (non-hydrogen) atoms. The predicted octanol–water partition coefficient (Wildman–Crippen LogP) is 1.66. The fourth-order valence-electron chi connectivity index (χ4n) is 1.56. The molecule has 0 aliphatic carbocycles. The molecule has 0 fully saturated rings. The second-order valence-electron chi connectivity index (χ2n) is 3.15. The van der Waals surface area contributed by atoms with Crippen molar-refractivity contribution in [2.45, 2.75) is 13.2 Å². The van der Waals surface area contributed by atoms with Crippen LogP contribution in [0.5, 0.6) is 0 Å². The Morgan fingerprint density at radius 3 is 2.93 bits per heavy atom. The molecule has 2 rings (SSSR count). The Bertz CT molecular complexity index is 493. The zero-order valence-electron chi connectivity index (χ0n) is 7.64. The minimum absolute atomic E-state index is 0.0549. The van der Waals surface area contributed by atoms with Gasteiger partial charge < -0.3 is 9.67 Å². The molecule has 2 aromatic rings. The zero-order chi connectivity index (χ0) is 9.97. The molecule has 1 aromatic carbocycles. The highest BCUT2D eigenvalue weighted by atomic mass is 16.3. The summed E-state index contributed by atoms with van der Waals surface area (Å²) in [5.74, 6) is 0. The van der Waals surface area contributed by atoms with Crippen molar-refractivity contribution in [3.05, 3.63) is 36.0 Å². The first kappa shape index (κ1) is 8.79. The second-order valence-corrected chi connectivity index (χ2v) is 3.15. The maximum atomic E-state index is 8.95. The lowest BCUT2D eigenvalue weighted by molar-refractivity contribution is 0.282. The van der Waals surface area contributed by atoms with Gasteiger partial charge in [-0.1, -0.05) is 6.07 Å². The molecule has 1 aromatic heterocycles. The van der Waals surface area contributed by atoms with Crippen LogP contribution in [0.15, 0.2) is 30.5 Å². The van der Waals surface area contributed by atoms with E-state index < -0.39 is 0 Å². The molecule has 0 radical (unpaired) electrons. The second kappa shape index (κ2) is 3.52. The molecule has 0 bridgehead atoms. The van der Waals surface area contributed by atoms with E-state index in [-0.39, 0.29) is 6.61 Å². The Morgan fingerprint density at radius 2 is 2.21 bits per heavy atom. The van der Waals surface area contributed by atoms with Crippen LogP contribution in [0.2, 0.25) is 0 Å². The van der Waals surface area contributed by atoms with Crippen LogP contribution in [0.4, 0.5) is 0 Å². The first-order valence-electron chi connectivity index (χ1n) is 4.41. The quantitative estimate of drug-likeness (QED) is 0.775. The molecule has 0 unspecified atom stereocenters. The van der Waals surface area contributed by atoms with Crippen molar-refractivity contribution in [1.29, 1.82) is 5.26 Å². The van der Waals surface area contributed by atoms with E-state index in [1.165, 1.54) is 0 Å². The molecule has 0 atom stereocenters. The molecule has 3 heteroatoms. The van der Waals surface area contributed by atoms with Crippen molar-refractivity contribution in [1.82, 2.24) is 4.57 Å². The molecule has 0 saturated carbocycles. The van der Waals surface area contributed by atoms with Crippen LogP contribution >= 0.6 is 0 Å². The first-order valence-corrected chi connectivity index (χ1v) is 4.41. The van der Waals surface area contributed by atoms with Gasteiger partial charge in [0.2, 0.25) is 0 Å². The van der Waals surface area contributed by atoms with Crippen molar-refractivity contribution < 1.29 is 5.11 Å². The fraction of sp³-hybridized carbons (Fsp3) is 0.182. The molecule has 70 valence electrons. The Hall–Kier alpha value is -1.79. The minimum Gasteiger partial charge on any atom is -0.392 e. The number of nitriles is 1. The summed E-state index contributed by atoms with van der Waals surface area (Å²) in [5.41, 5.74) is 1.93. The van der Waals surface area contributed by atoms with E-state index in [2.05, 4.69) is 6.07 Å². The number of aliphatic hydroxyl groups excluding tert-OH is 1. The Morgan fingerprint density at radius 1 is 1.36 bits per heavy atom. The van der Waals surface area contributed by atoms with Crippen LogP contribution < -0.4 is 0 Å². The van der Waals surface area contributed by atoms with Gasteiger partial charge in [0.15, 0.2) is 0 Å². The first-order chi connectivity index (χ1) is 6.85. The summed E-state index contributed by atoms with van der Waals surface area (Å²) in [5, 5.41) is 18.6. The van der Waals surface area contributed by atoms with Crippen LogP contribution in [0, 0.1) is 11.3 Å². The predicted molar refractivity (Wildman–Crippen MR) is 53.5 cm³/mol. The van der Waals surface area contributed by atoms with Gasteiger partial charge in [0.25, 0.3) is 0 Å². The highest BCUT2D eigenvalue weighted by Gasteiger charge is 2.00. The topological polar surface area (TPSA) is 49.0 Å². The van der Waals surface area contributed by atoms with Crippen LogP contribution in [-0.4, -0.2) is 9.67 Å². The molecule has 0 saturated heterocycles. The maximum absolute atomic E-state index is 8.95. The van der Waals surface area contributed by atoms with Crippen molar-refractivity contribution in [3.63, 3.8) is 0 Å². The Labute approximate surface area is 81.8 Å². The van der Waals surface area contributed by atoms with Gasteiger partial charge in [-0.25, -0.2) is 0 Å². The molecule has 0 amide bonds. The third-order valence-electron chi connectivity index (χ3n) is 2.26. The van der Waals surface area contributed by atoms with Gasteiger partial charge in [0.1, 0.15) is 6.54 Å². The lowest BCUT2D eigenvalue weighted by Crippen LogP contribution is -1.92. The number of hydrogen-bond acceptors (Lipinski definition) is 2. The number of aliphatic hydroxyl groups is 1. The molecule has 0 spiro atoms. The summed E-state index contributed by atoms with van der Waals surface area (Å²) in [6.07, 6.45) is 1.88. The highest BCUT2D eigenvalue weighted by Crippen LogP contribution is 2.17. The average Bonchev–Trinajstić information content (AvgIpc) is 2.61. The van der Waals surface area contributed by atoms with E-state index in [9.17, 15) is 0 Å². The fourth-order valence-corrected chi connectivity index (χ4v) is 1.56. The van der Waals surface area contributed by atoms with Gasteiger partial charge in [0, 0.05) is 11.7 Å². The normalized spacial score (nSPS) is 10.3. The SMILES string of the molecule is N#CCn1ccc2cc(CO)ccc21. The molecular formula is C11H10N2O. The zero-order valence-corrected chi connectivity index (χ0v) is 7.64.